The van der Waals surface area contributed by atoms with Crippen LogP contribution < -0.4 is 5.32 Å². The van der Waals surface area contributed by atoms with Gasteiger partial charge in [-0.1, -0.05) is 18.9 Å². The third-order valence-corrected chi connectivity index (χ3v) is 7.16. The van der Waals surface area contributed by atoms with E-state index in [1.54, 1.807) is 21.5 Å². The van der Waals surface area contributed by atoms with Gasteiger partial charge < -0.3 is 15.2 Å². The topological polar surface area (TPSA) is 102 Å². The van der Waals surface area contributed by atoms with Gasteiger partial charge in [0.25, 0.3) is 0 Å². The summed E-state index contributed by atoms with van der Waals surface area (Å²) in [4.78, 5) is 8.38. The van der Waals surface area contributed by atoms with Crippen LogP contribution >= 0.6 is 0 Å². The summed E-state index contributed by atoms with van der Waals surface area (Å²) < 4.78 is 51.8. The Labute approximate surface area is 210 Å². The second kappa shape index (κ2) is 9.56. The third kappa shape index (κ3) is 4.63. The van der Waals surface area contributed by atoms with E-state index in [-0.39, 0.29) is 23.4 Å². The van der Waals surface area contributed by atoms with Gasteiger partial charge in [-0.25, -0.2) is 19.2 Å². The molecule has 4 aromatic rings. The highest BCUT2D eigenvalue weighted by atomic mass is 19.4. The number of aromatic nitrogens is 6. The normalized spacial score (nSPS) is 23.4. The van der Waals surface area contributed by atoms with Crippen molar-refractivity contribution in [3.8, 4) is 11.4 Å². The Hall–Kier alpha value is -3.25. The van der Waals surface area contributed by atoms with E-state index < -0.39 is 24.1 Å². The minimum Gasteiger partial charge on any atom is -0.393 e. The molecule has 1 saturated carbocycles. The molecule has 1 unspecified atom stereocenters. The lowest BCUT2D eigenvalue weighted by atomic mass is 10.1. The molecule has 3 atom stereocenters. The fourth-order valence-corrected chi connectivity index (χ4v) is 5.35. The first-order chi connectivity index (χ1) is 17.9. The molecule has 5 heterocycles. The summed E-state index contributed by atoms with van der Waals surface area (Å²) in [6.45, 7) is 0.553. The van der Waals surface area contributed by atoms with E-state index >= 15 is 0 Å². The maximum absolute atomic E-state index is 14.2. The molecule has 1 aliphatic carbocycles. The molecule has 2 fully saturated rings. The fraction of sp³-hybridized carbons (Fsp3) is 0.520. The molecule has 12 heteroatoms. The molecule has 0 spiro atoms. The molecule has 0 aromatic carbocycles. The van der Waals surface area contributed by atoms with Gasteiger partial charge in [-0.2, -0.15) is 18.3 Å². The number of nitrogens with zero attached hydrogens (tertiary/aromatic N) is 6. The lowest BCUT2D eigenvalue weighted by Gasteiger charge is -2.22. The number of hydrogen-bond acceptors (Lipinski definition) is 7. The van der Waals surface area contributed by atoms with Crippen LogP contribution in [0.1, 0.15) is 63.2 Å². The van der Waals surface area contributed by atoms with Crippen molar-refractivity contribution in [2.24, 2.45) is 0 Å². The first-order valence-electron chi connectivity index (χ1n) is 12.7. The van der Waals surface area contributed by atoms with E-state index in [1.807, 2.05) is 12.1 Å². The molecule has 0 amide bonds. The SMILES string of the molecule is O[C@H]1CCCC[C@H](Nc2ncc(C(F)(F)F)c(-c3nn(C4CCCCO4)c4nn5ccccc5c34)n2)C1. The number of anilines is 1. The van der Waals surface area contributed by atoms with Crippen molar-refractivity contribution in [2.75, 3.05) is 11.9 Å². The van der Waals surface area contributed by atoms with E-state index in [1.165, 1.54) is 0 Å². The van der Waals surface area contributed by atoms with E-state index in [2.05, 4.69) is 25.5 Å². The van der Waals surface area contributed by atoms with E-state index in [4.69, 9.17) is 4.74 Å². The van der Waals surface area contributed by atoms with Crippen LogP contribution in [0.3, 0.4) is 0 Å². The second-order valence-corrected chi connectivity index (χ2v) is 9.81. The average molecular weight is 516 g/mol. The zero-order valence-electron chi connectivity index (χ0n) is 20.2. The summed E-state index contributed by atoms with van der Waals surface area (Å²) in [5.41, 5.74) is -0.115. The van der Waals surface area contributed by atoms with Crippen molar-refractivity contribution in [1.82, 2.24) is 29.4 Å². The van der Waals surface area contributed by atoms with Gasteiger partial charge in [-0.3, -0.25) is 0 Å². The van der Waals surface area contributed by atoms with Gasteiger partial charge in [0, 0.05) is 25.0 Å². The summed E-state index contributed by atoms with van der Waals surface area (Å²) in [6, 6.07) is 5.28. The van der Waals surface area contributed by atoms with Crippen molar-refractivity contribution >= 4 is 22.5 Å². The third-order valence-electron chi connectivity index (χ3n) is 7.16. The Kier molecular flexibility index (Phi) is 6.23. The zero-order valence-corrected chi connectivity index (χ0v) is 20.2. The molecule has 2 aliphatic rings. The highest BCUT2D eigenvalue weighted by Crippen LogP contribution is 2.40. The van der Waals surface area contributed by atoms with Crippen molar-refractivity contribution in [2.45, 2.75) is 75.9 Å². The van der Waals surface area contributed by atoms with Crippen LogP contribution in [0.25, 0.3) is 27.9 Å². The summed E-state index contributed by atoms with van der Waals surface area (Å²) in [6.07, 6.45) is 3.34. The van der Waals surface area contributed by atoms with Gasteiger partial charge in [0.05, 0.1) is 17.0 Å². The lowest BCUT2D eigenvalue weighted by molar-refractivity contribution is -0.137. The number of hydrogen-bond donors (Lipinski definition) is 2. The fourth-order valence-electron chi connectivity index (χ4n) is 5.35. The van der Waals surface area contributed by atoms with Crippen molar-refractivity contribution in [1.29, 1.82) is 0 Å². The summed E-state index contributed by atoms with van der Waals surface area (Å²) >= 11 is 0. The molecule has 196 valence electrons. The Morgan fingerprint density at radius 1 is 1.03 bits per heavy atom. The Balaban J connectivity index is 1.51. The minimum absolute atomic E-state index is 0.0789. The molecule has 4 aromatic heterocycles. The Bertz CT molecular complexity index is 1410. The lowest BCUT2D eigenvalue weighted by Crippen LogP contribution is -2.25. The average Bonchev–Trinajstić information content (AvgIpc) is 3.36. The smallest absolute Gasteiger partial charge is 0.393 e. The van der Waals surface area contributed by atoms with Crippen LogP contribution in [-0.2, 0) is 10.9 Å². The van der Waals surface area contributed by atoms with E-state index in [0.29, 0.717) is 42.4 Å². The standard InChI is InChI=1S/C25H28F3N7O2/c26-25(27,28)17-14-29-24(30-15-7-1-2-8-16(36)13-15)31-21(17)22-20-18-9-3-5-11-34(18)33-23(20)35(32-22)19-10-4-6-12-37-19/h3,5,9,11,14-16,19,36H,1-2,4,6-8,10,12-13H2,(H,29,30,31)/t15-,16-,19?/m0/s1. The number of alkyl halides is 3. The number of aliphatic hydroxyl groups is 1. The summed E-state index contributed by atoms with van der Waals surface area (Å²) in [5, 5.41) is 23.1. The molecule has 6 rings (SSSR count). The predicted octanol–water partition coefficient (Wildman–Crippen LogP) is 4.96. The van der Waals surface area contributed by atoms with Crippen LogP contribution in [0, 0.1) is 0 Å². The van der Waals surface area contributed by atoms with Crippen molar-refractivity contribution in [3.05, 3.63) is 36.2 Å². The largest absolute Gasteiger partial charge is 0.420 e. The number of pyridine rings is 1. The molecule has 1 aliphatic heterocycles. The zero-order chi connectivity index (χ0) is 25.6. The van der Waals surface area contributed by atoms with Gasteiger partial charge in [0.2, 0.25) is 5.95 Å². The molecule has 2 N–H and O–H groups in total. The molecule has 0 radical (unpaired) electrons. The number of aliphatic hydroxyl groups excluding tert-OH is 1. The molecular weight excluding hydrogens is 487 g/mol. The monoisotopic (exact) mass is 515 g/mol. The maximum atomic E-state index is 14.2. The van der Waals surface area contributed by atoms with Gasteiger partial charge in [0.1, 0.15) is 17.0 Å². The molecule has 9 nitrogen and oxygen atoms in total. The van der Waals surface area contributed by atoms with Crippen LogP contribution in [0.4, 0.5) is 19.1 Å². The molecule has 1 saturated heterocycles. The Morgan fingerprint density at radius 2 is 1.86 bits per heavy atom. The number of rotatable bonds is 4. The van der Waals surface area contributed by atoms with Gasteiger partial charge >= 0.3 is 6.18 Å². The number of fused-ring (bicyclic) bond motifs is 3. The minimum atomic E-state index is -4.69. The summed E-state index contributed by atoms with van der Waals surface area (Å²) in [5.74, 6) is 0.0789. The Morgan fingerprint density at radius 3 is 2.68 bits per heavy atom. The van der Waals surface area contributed by atoms with E-state index in [0.717, 1.165) is 38.3 Å². The highest BCUT2D eigenvalue weighted by Gasteiger charge is 2.38. The van der Waals surface area contributed by atoms with Gasteiger partial charge in [-0.15, -0.1) is 5.10 Å². The van der Waals surface area contributed by atoms with Crippen LogP contribution in [-0.4, -0.2) is 53.2 Å². The number of ether oxygens (including phenoxy) is 1. The quantitative estimate of drug-likeness (QED) is 0.370. The van der Waals surface area contributed by atoms with E-state index in [9.17, 15) is 18.3 Å². The molecular formula is C25H28F3N7O2. The first-order valence-corrected chi connectivity index (χ1v) is 12.7. The van der Waals surface area contributed by atoms with Crippen LogP contribution in [0.2, 0.25) is 0 Å². The first kappa shape index (κ1) is 24.1. The van der Waals surface area contributed by atoms with Crippen molar-refractivity contribution < 1.29 is 23.0 Å². The predicted molar refractivity (Wildman–Crippen MR) is 130 cm³/mol. The maximum Gasteiger partial charge on any atom is 0.420 e. The van der Waals surface area contributed by atoms with Crippen LogP contribution in [0.5, 0.6) is 0 Å². The number of halogens is 3. The van der Waals surface area contributed by atoms with Gasteiger partial charge in [0.15, 0.2) is 11.9 Å². The molecule has 0 bridgehead atoms. The number of nitrogens with one attached hydrogen (secondary N) is 1. The van der Waals surface area contributed by atoms with Crippen LogP contribution in [0.15, 0.2) is 30.6 Å². The highest BCUT2D eigenvalue weighted by molar-refractivity contribution is 6.03. The second-order valence-electron chi connectivity index (χ2n) is 9.81. The van der Waals surface area contributed by atoms with Crippen molar-refractivity contribution in [3.63, 3.8) is 0 Å². The van der Waals surface area contributed by atoms with Gasteiger partial charge in [-0.05, 0) is 50.7 Å². The molecule has 37 heavy (non-hydrogen) atoms. The summed E-state index contributed by atoms with van der Waals surface area (Å²) in [7, 11) is 0.